The average molecular weight is 220 g/mol. The summed E-state index contributed by atoms with van der Waals surface area (Å²) < 4.78 is 0. The van der Waals surface area contributed by atoms with Crippen LogP contribution in [0.2, 0.25) is 0 Å². The molecule has 0 aromatic heterocycles. The Morgan fingerprint density at radius 2 is 1.94 bits per heavy atom. The summed E-state index contributed by atoms with van der Waals surface area (Å²) in [6, 6.07) is 8.20. The summed E-state index contributed by atoms with van der Waals surface area (Å²) in [6.07, 6.45) is 0. The zero-order valence-corrected chi connectivity index (χ0v) is 10.0. The fourth-order valence-corrected chi connectivity index (χ4v) is 2.01. The molecule has 3 heteroatoms. The van der Waals surface area contributed by atoms with Crippen LogP contribution in [0, 0.1) is 0 Å². The van der Waals surface area contributed by atoms with E-state index in [4.69, 9.17) is 0 Å². The van der Waals surface area contributed by atoms with Gasteiger partial charge in [0.15, 0.2) is 0 Å². The van der Waals surface area contributed by atoms with Crippen LogP contribution in [0.3, 0.4) is 0 Å². The molecule has 0 amide bonds. The molecule has 0 unspecified atom stereocenters. The first-order valence-electron chi connectivity index (χ1n) is 5.86. The number of rotatable bonds is 2. The van der Waals surface area contributed by atoms with E-state index in [0.29, 0.717) is 0 Å². The molecule has 1 aromatic carbocycles. The van der Waals surface area contributed by atoms with Gasteiger partial charge in [-0.3, -0.25) is 0 Å². The van der Waals surface area contributed by atoms with Crippen molar-refractivity contribution in [2.45, 2.75) is 19.4 Å². The zero-order chi connectivity index (χ0) is 11.6. The van der Waals surface area contributed by atoms with Gasteiger partial charge < -0.3 is 15.3 Å². The Morgan fingerprint density at radius 3 is 2.56 bits per heavy atom. The lowest BCUT2D eigenvalue weighted by atomic mass is 9.98. The second-order valence-corrected chi connectivity index (χ2v) is 4.85. The van der Waals surface area contributed by atoms with Crippen LogP contribution in [-0.4, -0.2) is 31.3 Å². The second kappa shape index (κ2) is 4.44. The fourth-order valence-electron chi connectivity index (χ4n) is 2.01. The molecular weight excluding hydrogens is 200 g/mol. The van der Waals surface area contributed by atoms with Crippen molar-refractivity contribution < 1.29 is 5.11 Å². The Bertz CT molecular complexity index is 351. The molecule has 0 bridgehead atoms. The molecule has 1 aliphatic heterocycles. The summed E-state index contributed by atoms with van der Waals surface area (Å²) in [5.41, 5.74) is 1.42. The van der Waals surface area contributed by atoms with Crippen molar-refractivity contribution >= 4 is 5.69 Å². The van der Waals surface area contributed by atoms with Crippen LogP contribution < -0.4 is 10.2 Å². The molecule has 0 spiro atoms. The Kier molecular flexibility index (Phi) is 3.17. The quantitative estimate of drug-likeness (QED) is 0.789. The largest absolute Gasteiger partial charge is 0.386 e. The van der Waals surface area contributed by atoms with Crippen molar-refractivity contribution in [2.75, 3.05) is 31.1 Å². The number of hydrogen-bond donors (Lipinski definition) is 2. The SMILES string of the molecule is CC(C)(O)c1cccc(N2CCNCC2)c1. The van der Waals surface area contributed by atoms with Gasteiger partial charge in [0.25, 0.3) is 0 Å². The molecule has 0 aliphatic carbocycles. The first-order chi connectivity index (χ1) is 7.57. The maximum atomic E-state index is 9.98. The van der Waals surface area contributed by atoms with Gasteiger partial charge in [-0.1, -0.05) is 12.1 Å². The minimum absolute atomic E-state index is 0.760. The molecule has 2 rings (SSSR count). The summed E-state index contributed by atoms with van der Waals surface area (Å²) in [5, 5.41) is 13.3. The highest BCUT2D eigenvalue weighted by molar-refractivity contribution is 5.50. The summed E-state index contributed by atoms with van der Waals surface area (Å²) >= 11 is 0. The number of nitrogens with one attached hydrogen (secondary N) is 1. The maximum absolute atomic E-state index is 9.98. The molecule has 1 aromatic rings. The monoisotopic (exact) mass is 220 g/mol. The molecule has 0 radical (unpaired) electrons. The highest BCUT2D eigenvalue weighted by atomic mass is 16.3. The van der Waals surface area contributed by atoms with Gasteiger partial charge in [-0.05, 0) is 31.5 Å². The molecule has 1 heterocycles. The highest BCUT2D eigenvalue weighted by Gasteiger charge is 2.17. The molecule has 2 N–H and O–H groups in total. The van der Waals surface area contributed by atoms with Crippen molar-refractivity contribution in [2.24, 2.45) is 0 Å². The van der Waals surface area contributed by atoms with E-state index in [9.17, 15) is 5.11 Å². The number of anilines is 1. The lowest BCUT2D eigenvalue weighted by Crippen LogP contribution is -2.43. The lowest BCUT2D eigenvalue weighted by molar-refractivity contribution is 0.0786. The third kappa shape index (κ3) is 2.54. The van der Waals surface area contributed by atoms with Gasteiger partial charge in [-0.2, -0.15) is 0 Å². The first kappa shape index (κ1) is 11.4. The smallest absolute Gasteiger partial charge is 0.0841 e. The number of benzene rings is 1. The Labute approximate surface area is 97.1 Å². The third-order valence-corrected chi connectivity index (χ3v) is 3.03. The molecule has 1 saturated heterocycles. The van der Waals surface area contributed by atoms with E-state index in [1.54, 1.807) is 0 Å². The summed E-state index contributed by atoms with van der Waals surface area (Å²) in [4.78, 5) is 2.35. The van der Waals surface area contributed by atoms with Crippen LogP contribution in [-0.2, 0) is 5.60 Å². The summed E-state index contributed by atoms with van der Waals surface area (Å²) in [5.74, 6) is 0. The van der Waals surface area contributed by atoms with E-state index in [-0.39, 0.29) is 0 Å². The van der Waals surface area contributed by atoms with Crippen LogP contribution in [0.5, 0.6) is 0 Å². The zero-order valence-electron chi connectivity index (χ0n) is 10.0. The number of piperazine rings is 1. The van der Waals surface area contributed by atoms with Crippen molar-refractivity contribution in [1.29, 1.82) is 0 Å². The standard InChI is InChI=1S/C13H20N2O/c1-13(2,16)11-4-3-5-12(10-11)15-8-6-14-7-9-15/h3-5,10,14,16H,6-9H2,1-2H3. The van der Waals surface area contributed by atoms with Crippen molar-refractivity contribution in [3.05, 3.63) is 29.8 Å². The van der Waals surface area contributed by atoms with Crippen LogP contribution in [0.4, 0.5) is 5.69 Å². The van der Waals surface area contributed by atoms with Crippen LogP contribution in [0.15, 0.2) is 24.3 Å². The Morgan fingerprint density at radius 1 is 1.25 bits per heavy atom. The number of nitrogens with zero attached hydrogens (tertiary/aromatic N) is 1. The van der Waals surface area contributed by atoms with Gasteiger partial charge in [-0.15, -0.1) is 0 Å². The lowest BCUT2D eigenvalue weighted by Gasteiger charge is -2.30. The van der Waals surface area contributed by atoms with E-state index >= 15 is 0 Å². The Balaban J connectivity index is 2.21. The van der Waals surface area contributed by atoms with Crippen LogP contribution >= 0.6 is 0 Å². The average Bonchev–Trinajstić information content (AvgIpc) is 2.29. The summed E-state index contributed by atoms with van der Waals surface area (Å²) in [7, 11) is 0. The maximum Gasteiger partial charge on any atom is 0.0841 e. The van der Waals surface area contributed by atoms with Gasteiger partial charge in [0.1, 0.15) is 0 Å². The summed E-state index contributed by atoms with van der Waals surface area (Å²) in [6.45, 7) is 7.79. The minimum atomic E-state index is -0.760. The van der Waals surface area contributed by atoms with Gasteiger partial charge in [-0.25, -0.2) is 0 Å². The number of aliphatic hydroxyl groups is 1. The molecule has 1 aliphatic rings. The van der Waals surface area contributed by atoms with Crippen molar-refractivity contribution in [3.63, 3.8) is 0 Å². The molecule has 0 saturated carbocycles. The molecule has 0 atom stereocenters. The second-order valence-electron chi connectivity index (χ2n) is 4.85. The van der Waals surface area contributed by atoms with Crippen molar-refractivity contribution in [1.82, 2.24) is 5.32 Å². The molecular formula is C13H20N2O. The van der Waals surface area contributed by atoms with E-state index in [2.05, 4.69) is 22.3 Å². The van der Waals surface area contributed by atoms with Crippen molar-refractivity contribution in [3.8, 4) is 0 Å². The molecule has 1 fully saturated rings. The van der Waals surface area contributed by atoms with Gasteiger partial charge in [0, 0.05) is 31.9 Å². The van der Waals surface area contributed by atoms with Crippen LogP contribution in [0.1, 0.15) is 19.4 Å². The van der Waals surface area contributed by atoms with Gasteiger partial charge >= 0.3 is 0 Å². The molecule has 88 valence electrons. The van der Waals surface area contributed by atoms with E-state index in [1.165, 1.54) is 5.69 Å². The van der Waals surface area contributed by atoms with Gasteiger partial charge in [0.05, 0.1) is 5.60 Å². The van der Waals surface area contributed by atoms with E-state index in [1.807, 2.05) is 26.0 Å². The predicted molar refractivity (Wildman–Crippen MR) is 66.8 cm³/mol. The Hall–Kier alpha value is -1.06. The van der Waals surface area contributed by atoms with E-state index in [0.717, 1.165) is 31.7 Å². The third-order valence-electron chi connectivity index (χ3n) is 3.03. The molecule has 3 nitrogen and oxygen atoms in total. The first-order valence-corrected chi connectivity index (χ1v) is 5.86. The normalized spacial score (nSPS) is 17.6. The number of hydrogen-bond acceptors (Lipinski definition) is 3. The minimum Gasteiger partial charge on any atom is -0.386 e. The topological polar surface area (TPSA) is 35.5 Å². The highest BCUT2D eigenvalue weighted by Crippen LogP contribution is 2.24. The van der Waals surface area contributed by atoms with Gasteiger partial charge in [0.2, 0.25) is 0 Å². The predicted octanol–water partition coefficient (Wildman–Crippen LogP) is 1.32. The van der Waals surface area contributed by atoms with E-state index < -0.39 is 5.60 Å². The van der Waals surface area contributed by atoms with Crippen LogP contribution in [0.25, 0.3) is 0 Å². The fraction of sp³-hybridized carbons (Fsp3) is 0.538. The molecule has 16 heavy (non-hydrogen) atoms.